The monoisotopic (exact) mass is 179 g/mol. The highest BCUT2D eigenvalue weighted by molar-refractivity contribution is 6.15. The molecule has 4 heteroatoms. The van der Waals surface area contributed by atoms with Gasteiger partial charge in [-0.05, 0) is 12.5 Å². The molecule has 0 fully saturated rings. The van der Waals surface area contributed by atoms with E-state index in [2.05, 4.69) is 4.65 Å². The number of benzene rings is 1. The highest BCUT2D eigenvalue weighted by Gasteiger charge is 2.01. The molecule has 1 radical (unpaired) electrons. The van der Waals surface area contributed by atoms with Crippen molar-refractivity contribution in [3.63, 3.8) is 0 Å². The standard InChI is InChI=1S/C9H12BO3/c1-8(13-10-11)12-7-9-5-3-2-4-6-9/h2-6,8,11H,7H2,1H3. The van der Waals surface area contributed by atoms with Crippen molar-refractivity contribution in [2.24, 2.45) is 0 Å². The van der Waals surface area contributed by atoms with Crippen LogP contribution in [0.1, 0.15) is 12.5 Å². The van der Waals surface area contributed by atoms with Gasteiger partial charge in [0.2, 0.25) is 0 Å². The number of hydrogen-bond donors (Lipinski definition) is 1. The fraction of sp³-hybridized carbons (Fsp3) is 0.333. The van der Waals surface area contributed by atoms with E-state index in [-0.39, 0.29) is 0 Å². The molecule has 0 spiro atoms. The largest absolute Gasteiger partial charge is 0.487 e. The van der Waals surface area contributed by atoms with Gasteiger partial charge in [-0.25, -0.2) is 0 Å². The van der Waals surface area contributed by atoms with E-state index >= 15 is 0 Å². The molecule has 69 valence electrons. The van der Waals surface area contributed by atoms with E-state index < -0.39 is 6.29 Å². The molecule has 1 aromatic carbocycles. The van der Waals surface area contributed by atoms with Crippen molar-refractivity contribution in [2.75, 3.05) is 0 Å². The van der Waals surface area contributed by atoms with Crippen LogP contribution >= 0.6 is 0 Å². The third kappa shape index (κ3) is 4.08. The molecule has 1 N–H and O–H groups in total. The Bertz CT molecular complexity index is 228. The molecule has 0 aromatic heterocycles. The van der Waals surface area contributed by atoms with E-state index in [0.717, 1.165) is 5.56 Å². The smallest absolute Gasteiger partial charge is 0.429 e. The predicted octanol–water partition coefficient (Wildman–Crippen LogP) is 1.09. The first kappa shape index (κ1) is 10.2. The first-order valence-corrected chi connectivity index (χ1v) is 4.10. The van der Waals surface area contributed by atoms with Gasteiger partial charge in [0.05, 0.1) is 6.61 Å². The molecule has 1 unspecified atom stereocenters. The van der Waals surface area contributed by atoms with Crippen molar-refractivity contribution in [1.82, 2.24) is 0 Å². The molecule has 3 nitrogen and oxygen atoms in total. The quantitative estimate of drug-likeness (QED) is 0.543. The van der Waals surface area contributed by atoms with Gasteiger partial charge in [-0.15, -0.1) is 0 Å². The Morgan fingerprint density at radius 1 is 1.38 bits per heavy atom. The molecule has 1 atom stereocenters. The van der Waals surface area contributed by atoms with Crippen LogP contribution in [0.4, 0.5) is 0 Å². The Kier molecular flexibility index (Phi) is 4.53. The normalized spacial score (nSPS) is 12.5. The summed E-state index contributed by atoms with van der Waals surface area (Å²) in [5.74, 6) is 0. The van der Waals surface area contributed by atoms with E-state index in [1.165, 1.54) is 0 Å². The molecule has 1 aromatic rings. The molecule has 0 saturated carbocycles. The summed E-state index contributed by atoms with van der Waals surface area (Å²) in [6.45, 7) is 2.20. The zero-order valence-electron chi connectivity index (χ0n) is 7.51. The lowest BCUT2D eigenvalue weighted by Gasteiger charge is -2.11. The van der Waals surface area contributed by atoms with Crippen molar-refractivity contribution >= 4 is 7.69 Å². The Morgan fingerprint density at radius 3 is 2.69 bits per heavy atom. The maximum atomic E-state index is 8.31. The molecule has 0 heterocycles. The summed E-state index contributed by atoms with van der Waals surface area (Å²) in [6, 6.07) is 9.78. The van der Waals surface area contributed by atoms with E-state index in [1.54, 1.807) is 6.92 Å². The van der Waals surface area contributed by atoms with Crippen LogP contribution in [-0.4, -0.2) is 19.0 Å². The lowest BCUT2D eigenvalue weighted by molar-refractivity contribution is -0.0814. The Balaban J connectivity index is 2.27. The van der Waals surface area contributed by atoms with Gasteiger partial charge in [-0.2, -0.15) is 0 Å². The van der Waals surface area contributed by atoms with Crippen molar-refractivity contribution in [2.45, 2.75) is 19.8 Å². The van der Waals surface area contributed by atoms with Crippen LogP contribution in [-0.2, 0) is 16.0 Å². The number of rotatable bonds is 5. The summed E-state index contributed by atoms with van der Waals surface area (Å²) in [4.78, 5) is 0. The predicted molar refractivity (Wildman–Crippen MR) is 49.8 cm³/mol. The minimum absolute atomic E-state index is 0.426. The summed E-state index contributed by atoms with van der Waals surface area (Å²) < 4.78 is 9.93. The number of hydrogen-bond acceptors (Lipinski definition) is 3. The lowest BCUT2D eigenvalue weighted by Crippen LogP contribution is -2.15. The fourth-order valence-electron chi connectivity index (χ4n) is 0.913. The van der Waals surface area contributed by atoms with E-state index in [0.29, 0.717) is 14.3 Å². The summed E-state index contributed by atoms with van der Waals surface area (Å²) in [6.07, 6.45) is -0.426. The first-order chi connectivity index (χ1) is 6.33. The molecule has 13 heavy (non-hydrogen) atoms. The third-order valence-corrected chi connectivity index (χ3v) is 1.58. The Labute approximate surface area is 78.6 Å². The van der Waals surface area contributed by atoms with Gasteiger partial charge in [-0.3, -0.25) is 0 Å². The van der Waals surface area contributed by atoms with E-state index in [4.69, 9.17) is 9.76 Å². The van der Waals surface area contributed by atoms with Gasteiger partial charge in [0.1, 0.15) is 6.29 Å². The lowest BCUT2D eigenvalue weighted by atomic mass is 10.2. The van der Waals surface area contributed by atoms with Gasteiger partial charge < -0.3 is 14.4 Å². The number of ether oxygens (including phenoxy) is 1. The van der Waals surface area contributed by atoms with Crippen molar-refractivity contribution in [3.05, 3.63) is 35.9 Å². The van der Waals surface area contributed by atoms with E-state index in [9.17, 15) is 0 Å². The topological polar surface area (TPSA) is 38.7 Å². The second kappa shape index (κ2) is 5.75. The van der Waals surface area contributed by atoms with Crippen LogP contribution < -0.4 is 0 Å². The third-order valence-electron chi connectivity index (χ3n) is 1.58. The molecular formula is C9H12BO3. The first-order valence-electron chi connectivity index (χ1n) is 4.10. The minimum Gasteiger partial charge on any atom is -0.429 e. The van der Waals surface area contributed by atoms with Crippen molar-refractivity contribution in [3.8, 4) is 0 Å². The second-order valence-electron chi connectivity index (χ2n) is 2.61. The maximum absolute atomic E-state index is 8.31. The molecule has 1 rings (SSSR count). The molecular weight excluding hydrogens is 167 g/mol. The summed E-state index contributed by atoms with van der Waals surface area (Å²) in [5.41, 5.74) is 1.08. The molecule has 0 bridgehead atoms. The van der Waals surface area contributed by atoms with Gasteiger partial charge in [0, 0.05) is 0 Å². The molecule has 0 amide bonds. The second-order valence-corrected chi connectivity index (χ2v) is 2.61. The van der Waals surface area contributed by atoms with Crippen molar-refractivity contribution < 1.29 is 14.4 Å². The average Bonchev–Trinajstić information content (AvgIpc) is 2.17. The van der Waals surface area contributed by atoms with Crippen LogP contribution in [0.2, 0.25) is 0 Å². The van der Waals surface area contributed by atoms with Crippen LogP contribution in [0.25, 0.3) is 0 Å². The highest BCUT2D eigenvalue weighted by atomic mass is 16.7. The zero-order chi connectivity index (χ0) is 9.52. The Hall–Kier alpha value is -0.835. The zero-order valence-corrected chi connectivity index (χ0v) is 7.51. The summed E-state index contributed by atoms with van der Waals surface area (Å²) in [7, 11) is 0.635. The van der Waals surface area contributed by atoms with Crippen molar-refractivity contribution in [1.29, 1.82) is 0 Å². The van der Waals surface area contributed by atoms with E-state index in [1.807, 2.05) is 30.3 Å². The van der Waals surface area contributed by atoms with Crippen LogP contribution in [0.3, 0.4) is 0 Å². The van der Waals surface area contributed by atoms with Crippen LogP contribution in [0.5, 0.6) is 0 Å². The molecule has 0 aliphatic heterocycles. The van der Waals surface area contributed by atoms with Gasteiger partial charge in [0.25, 0.3) is 0 Å². The fourth-order valence-corrected chi connectivity index (χ4v) is 0.913. The summed E-state index contributed by atoms with van der Waals surface area (Å²) in [5, 5.41) is 8.31. The van der Waals surface area contributed by atoms with Crippen LogP contribution in [0.15, 0.2) is 30.3 Å². The summed E-state index contributed by atoms with van der Waals surface area (Å²) >= 11 is 0. The Morgan fingerprint density at radius 2 is 2.08 bits per heavy atom. The van der Waals surface area contributed by atoms with Gasteiger partial charge >= 0.3 is 7.69 Å². The molecule has 0 saturated heterocycles. The van der Waals surface area contributed by atoms with Gasteiger partial charge in [0.15, 0.2) is 0 Å². The molecule has 0 aliphatic carbocycles. The maximum Gasteiger partial charge on any atom is 0.487 e. The minimum atomic E-state index is -0.426. The van der Waals surface area contributed by atoms with Crippen LogP contribution in [0, 0.1) is 0 Å². The highest BCUT2D eigenvalue weighted by Crippen LogP contribution is 2.03. The van der Waals surface area contributed by atoms with Gasteiger partial charge in [-0.1, -0.05) is 30.3 Å². The average molecular weight is 179 g/mol. The molecule has 0 aliphatic rings. The SMILES string of the molecule is CC(O[B]O)OCc1ccccc1.